The van der Waals surface area contributed by atoms with E-state index in [1.807, 2.05) is 42.5 Å². The largest absolute Gasteiger partial charge is 0.493 e. The van der Waals surface area contributed by atoms with Crippen LogP contribution in [0.15, 0.2) is 54.4 Å². The molecule has 2 aromatic rings. The van der Waals surface area contributed by atoms with Crippen molar-refractivity contribution in [2.75, 3.05) is 20.8 Å². The molecule has 0 fully saturated rings. The highest BCUT2D eigenvalue weighted by Crippen LogP contribution is 2.27. The molecule has 140 valence electrons. The van der Waals surface area contributed by atoms with Crippen molar-refractivity contribution in [2.45, 2.75) is 13.0 Å². The molecule has 1 amide bonds. The second-order valence-corrected chi connectivity index (χ2v) is 5.57. The molecular formula is C20H22N4O3. The van der Waals surface area contributed by atoms with Crippen LogP contribution in [0.4, 0.5) is 0 Å². The number of amides is 1. The Morgan fingerprint density at radius 1 is 1.22 bits per heavy atom. The first-order chi connectivity index (χ1) is 13.2. The van der Waals surface area contributed by atoms with Crippen LogP contribution < -0.4 is 20.1 Å². The summed E-state index contributed by atoms with van der Waals surface area (Å²) in [5.74, 6) is 0.864. The number of methoxy groups -OCH3 is 2. The van der Waals surface area contributed by atoms with E-state index in [0.29, 0.717) is 31.0 Å². The average Bonchev–Trinajstić information content (AvgIpc) is 2.71. The van der Waals surface area contributed by atoms with Crippen LogP contribution >= 0.6 is 0 Å². The van der Waals surface area contributed by atoms with Crippen molar-refractivity contribution in [2.24, 2.45) is 0 Å². The van der Waals surface area contributed by atoms with Crippen molar-refractivity contribution >= 4 is 5.91 Å². The smallest absolute Gasteiger partial charge is 0.263 e. The Labute approximate surface area is 158 Å². The fourth-order valence-electron chi connectivity index (χ4n) is 2.36. The molecule has 0 saturated carbocycles. The Morgan fingerprint density at radius 3 is 2.70 bits per heavy atom. The summed E-state index contributed by atoms with van der Waals surface area (Å²) >= 11 is 0. The van der Waals surface area contributed by atoms with E-state index in [2.05, 4.69) is 15.6 Å². The predicted octanol–water partition coefficient (Wildman–Crippen LogP) is 1.95. The number of carbonyl (C=O) groups is 1. The zero-order valence-corrected chi connectivity index (χ0v) is 15.4. The Morgan fingerprint density at radius 2 is 2.04 bits per heavy atom. The Bertz CT molecular complexity index is 829. The van der Waals surface area contributed by atoms with E-state index in [0.717, 1.165) is 11.3 Å². The van der Waals surface area contributed by atoms with E-state index in [4.69, 9.17) is 9.47 Å². The van der Waals surface area contributed by atoms with Crippen LogP contribution in [0.1, 0.15) is 11.3 Å². The molecule has 0 aliphatic rings. The van der Waals surface area contributed by atoms with Gasteiger partial charge in [-0.25, -0.2) is 0 Å². The third-order valence-electron chi connectivity index (χ3n) is 3.77. The number of ether oxygens (including phenoxy) is 2. The number of nitriles is 1. The molecule has 0 radical (unpaired) electrons. The molecule has 0 bridgehead atoms. The third kappa shape index (κ3) is 6.04. The van der Waals surface area contributed by atoms with Gasteiger partial charge in [0.2, 0.25) is 0 Å². The molecule has 1 aromatic carbocycles. The molecule has 2 N–H and O–H groups in total. The van der Waals surface area contributed by atoms with Crippen LogP contribution in [-0.2, 0) is 17.8 Å². The second-order valence-electron chi connectivity index (χ2n) is 5.57. The van der Waals surface area contributed by atoms with Crippen molar-refractivity contribution in [1.82, 2.24) is 15.6 Å². The van der Waals surface area contributed by atoms with Gasteiger partial charge in [-0.2, -0.15) is 5.26 Å². The highest BCUT2D eigenvalue weighted by molar-refractivity contribution is 5.97. The van der Waals surface area contributed by atoms with E-state index in [1.165, 1.54) is 6.20 Å². The number of hydrogen-bond acceptors (Lipinski definition) is 6. The number of benzene rings is 1. The first kappa shape index (κ1) is 19.8. The van der Waals surface area contributed by atoms with Crippen molar-refractivity contribution in [1.29, 1.82) is 5.26 Å². The molecule has 1 heterocycles. The standard InChI is InChI=1S/C20H22N4O3/c1-26-18-7-6-15(11-19(18)27-2)8-10-24-20(25)16(12-21)13-22-14-17-5-3-4-9-23-17/h3-7,9,11,13,22H,8,10,14H2,1-2H3,(H,24,25)/b16-13-. The number of nitrogens with zero attached hydrogens (tertiary/aromatic N) is 2. The SMILES string of the molecule is COc1ccc(CCNC(=O)/C(C#N)=C\NCc2ccccn2)cc1OC. The molecule has 2 rings (SSSR count). The predicted molar refractivity (Wildman–Crippen MR) is 101 cm³/mol. The molecule has 0 aliphatic heterocycles. The fraction of sp³-hybridized carbons (Fsp3) is 0.250. The minimum Gasteiger partial charge on any atom is -0.493 e. The number of pyridine rings is 1. The van der Waals surface area contributed by atoms with Crippen LogP contribution in [0.3, 0.4) is 0 Å². The molecule has 0 spiro atoms. The van der Waals surface area contributed by atoms with Gasteiger partial charge in [-0.05, 0) is 36.2 Å². The molecule has 27 heavy (non-hydrogen) atoms. The summed E-state index contributed by atoms with van der Waals surface area (Å²) in [5.41, 5.74) is 1.82. The Kier molecular flexibility index (Phi) is 7.67. The molecule has 0 saturated heterocycles. The van der Waals surface area contributed by atoms with E-state index < -0.39 is 5.91 Å². The number of hydrogen-bond donors (Lipinski definition) is 2. The van der Waals surface area contributed by atoms with Gasteiger partial charge >= 0.3 is 0 Å². The van der Waals surface area contributed by atoms with Crippen molar-refractivity contribution in [3.05, 3.63) is 65.6 Å². The van der Waals surface area contributed by atoms with Crippen LogP contribution in [-0.4, -0.2) is 31.7 Å². The molecule has 7 heteroatoms. The summed E-state index contributed by atoms with van der Waals surface area (Å²) in [6.07, 6.45) is 3.69. The van der Waals surface area contributed by atoms with Gasteiger partial charge in [0.15, 0.2) is 11.5 Å². The van der Waals surface area contributed by atoms with Gasteiger partial charge < -0.3 is 20.1 Å². The lowest BCUT2D eigenvalue weighted by Crippen LogP contribution is -2.27. The molecule has 0 unspecified atom stereocenters. The average molecular weight is 366 g/mol. The lowest BCUT2D eigenvalue weighted by molar-refractivity contribution is -0.117. The van der Waals surface area contributed by atoms with Crippen molar-refractivity contribution < 1.29 is 14.3 Å². The zero-order chi connectivity index (χ0) is 19.5. The van der Waals surface area contributed by atoms with Crippen LogP contribution in [0, 0.1) is 11.3 Å². The number of rotatable bonds is 9. The molecule has 1 aromatic heterocycles. The molecule has 7 nitrogen and oxygen atoms in total. The van der Waals surface area contributed by atoms with Gasteiger partial charge in [-0.15, -0.1) is 0 Å². The van der Waals surface area contributed by atoms with E-state index in [9.17, 15) is 10.1 Å². The molecule has 0 atom stereocenters. The maximum absolute atomic E-state index is 12.1. The van der Waals surface area contributed by atoms with Gasteiger partial charge in [0, 0.05) is 18.9 Å². The lowest BCUT2D eigenvalue weighted by atomic mass is 10.1. The van der Waals surface area contributed by atoms with Crippen LogP contribution in [0.2, 0.25) is 0 Å². The second kappa shape index (κ2) is 10.5. The van der Waals surface area contributed by atoms with Crippen molar-refractivity contribution in [3.63, 3.8) is 0 Å². The third-order valence-corrected chi connectivity index (χ3v) is 3.77. The Balaban J connectivity index is 1.84. The van der Waals surface area contributed by atoms with Gasteiger partial charge in [-0.1, -0.05) is 12.1 Å². The van der Waals surface area contributed by atoms with Gasteiger partial charge in [-0.3, -0.25) is 9.78 Å². The Hall–Kier alpha value is -3.53. The van der Waals surface area contributed by atoms with Gasteiger partial charge in [0.05, 0.1) is 26.5 Å². The van der Waals surface area contributed by atoms with Crippen LogP contribution in [0.5, 0.6) is 11.5 Å². The summed E-state index contributed by atoms with van der Waals surface area (Å²) in [6.45, 7) is 0.832. The van der Waals surface area contributed by atoms with Crippen molar-refractivity contribution in [3.8, 4) is 17.6 Å². The highest BCUT2D eigenvalue weighted by atomic mass is 16.5. The first-order valence-corrected chi connectivity index (χ1v) is 8.40. The van der Waals surface area contributed by atoms with Gasteiger partial charge in [0.1, 0.15) is 11.6 Å². The van der Waals surface area contributed by atoms with E-state index in [1.54, 1.807) is 20.4 Å². The molecule has 0 aliphatic carbocycles. The van der Waals surface area contributed by atoms with Gasteiger partial charge in [0.25, 0.3) is 5.91 Å². The number of aromatic nitrogens is 1. The number of nitrogens with one attached hydrogen (secondary N) is 2. The van der Waals surface area contributed by atoms with E-state index >= 15 is 0 Å². The maximum Gasteiger partial charge on any atom is 0.263 e. The summed E-state index contributed by atoms with van der Waals surface area (Å²) in [6, 6.07) is 13.0. The minimum atomic E-state index is -0.425. The summed E-state index contributed by atoms with van der Waals surface area (Å²) in [4.78, 5) is 16.3. The zero-order valence-electron chi connectivity index (χ0n) is 15.4. The van der Waals surface area contributed by atoms with Crippen LogP contribution in [0.25, 0.3) is 0 Å². The topological polar surface area (TPSA) is 96.3 Å². The molecular weight excluding hydrogens is 344 g/mol. The summed E-state index contributed by atoms with van der Waals surface area (Å²) in [7, 11) is 3.15. The quantitative estimate of drug-likeness (QED) is 0.520. The summed E-state index contributed by atoms with van der Waals surface area (Å²) < 4.78 is 10.5. The monoisotopic (exact) mass is 366 g/mol. The fourth-order valence-corrected chi connectivity index (χ4v) is 2.36. The summed E-state index contributed by atoms with van der Waals surface area (Å²) in [5, 5.41) is 14.8. The normalized spacial score (nSPS) is 10.6. The van der Waals surface area contributed by atoms with E-state index in [-0.39, 0.29) is 5.57 Å². The lowest BCUT2D eigenvalue weighted by Gasteiger charge is -2.10. The number of carbonyl (C=O) groups excluding carboxylic acids is 1. The first-order valence-electron chi connectivity index (χ1n) is 8.40. The highest BCUT2D eigenvalue weighted by Gasteiger charge is 2.09. The minimum absolute atomic E-state index is 0.0123. The maximum atomic E-state index is 12.1.